The smallest absolute Gasteiger partial charge is 0.246 e. The quantitative estimate of drug-likeness (QED) is 0.762. The first-order valence-electron chi connectivity index (χ1n) is 8.65. The SMILES string of the molecule is O=C(/C=C/c1nc2ccccc2s1)N1CCCC2CCCCC21. The fourth-order valence-electron chi connectivity index (χ4n) is 4.10. The third-order valence-electron chi connectivity index (χ3n) is 5.21. The van der Waals surface area contributed by atoms with Crippen molar-refractivity contribution in [2.75, 3.05) is 6.54 Å². The van der Waals surface area contributed by atoms with Crippen LogP contribution in [0.3, 0.4) is 0 Å². The Hall–Kier alpha value is -1.68. The molecule has 2 aromatic rings. The van der Waals surface area contributed by atoms with Gasteiger partial charge in [0.05, 0.1) is 10.2 Å². The minimum atomic E-state index is 0.167. The normalized spacial score (nSPS) is 25.0. The number of amides is 1. The predicted octanol–water partition coefficient (Wildman–Crippen LogP) is 4.49. The van der Waals surface area contributed by atoms with Gasteiger partial charge in [0.1, 0.15) is 5.01 Å². The maximum absolute atomic E-state index is 12.7. The molecule has 23 heavy (non-hydrogen) atoms. The maximum atomic E-state index is 12.7. The molecule has 2 fully saturated rings. The molecule has 1 amide bonds. The molecule has 2 heterocycles. The van der Waals surface area contributed by atoms with Crippen LogP contribution in [0.5, 0.6) is 0 Å². The van der Waals surface area contributed by atoms with Crippen LogP contribution < -0.4 is 0 Å². The van der Waals surface area contributed by atoms with Gasteiger partial charge in [-0.15, -0.1) is 11.3 Å². The van der Waals surface area contributed by atoms with Crippen LogP contribution >= 0.6 is 11.3 Å². The predicted molar refractivity (Wildman–Crippen MR) is 95.3 cm³/mol. The van der Waals surface area contributed by atoms with Crippen LogP contribution in [0.25, 0.3) is 16.3 Å². The molecular weight excluding hydrogens is 304 g/mol. The second-order valence-electron chi connectivity index (χ2n) is 6.64. The summed E-state index contributed by atoms with van der Waals surface area (Å²) in [6.45, 7) is 0.921. The van der Waals surface area contributed by atoms with Gasteiger partial charge in [-0.2, -0.15) is 0 Å². The van der Waals surface area contributed by atoms with Crippen molar-refractivity contribution in [1.29, 1.82) is 0 Å². The summed E-state index contributed by atoms with van der Waals surface area (Å²) in [6, 6.07) is 8.59. The number of para-hydroxylation sites is 1. The number of thiazole rings is 1. The van der Waals surface area contributed by atoms with E-state index in [2.05, 4.69) is 16.0 Å². The fourth-order valence-corrected chi connectivity index (χ4v) is 4.97. The van der Waals surface area contributed by atoms with E-state index in [1.54, 1.807) is 17.4 Å². The van der Waals surface area contributed by atoms with E-state index in [1.807, 2.05) is 24.3 Å². The number of fused-ring (bicyclic) bond motifs is 2. The zero-order chi connectivity index (χ0) is 15.6. The average molecular weight is 326 g/mol. The van der Waals surface area contributed by atoms with Crippen LogP contribution in [-0.2, 0) is 4.79 Å². The first-order valence-corrected chi connectivity index (χ1v) is 9.47. The Bertz CT molecular complexity index is 701. The molecule has 2 aliphatic rings. The van der Waals surface area contributed by atoms with Crippen LogP contribution in [0.1, 0.15) is 43.5 Å². The minimum Gasteiger partial charge on any atom is -0.336 e. The van der Waals surface area contributed by atoms with Crippen molar-refractivity contribution < 1.29 is 4.79 Å². The molecule has 4 heteroatoms. The first-order chi connectivity index (χ1) is 11.3. The molecule has 120 valence electrons. The van der Waals surface area contributed by atoms with Crippen molar-refractivity contribution >= 4 is 33.5 Å². The molecule has 0 N–H and O–H groups in total. The van der Waals surface area contributed by atoms with E-state index in [0.29, 0.717) is 6.04 Å². The average Bonchev–Trinajstić information content (AvgIpc) is 3.02. The lowest BCUT2D eigenvalue weighted by Gasteiger charge is -2.43. The largest absolute Gasteiger partial charge is 0.336 e. The van der Waals surface area contributed by atoms with Crippen LogP contribution in [0, 0.1) is 5.92 Å². The Morgan fingerprint density at radius 1 is 1.17 bits per heavy atom. The molecule has 1 aromatic heterocycles. The van der Waals surface area contributed by atoms with Gasteiger partial charge in [-0.05, 0) is 49.8 Å². The third-order valence-corrected chi connectivity index (χ3v) is 6.21. The number of hydrogen-bond acceptors (Lipinski definition) is 3. The Morgan fingerprint density at radius 2 is 2.00 bits per heavy atom. The molecule has 1 saturated carbocycles. The molecule has 4 rings (SSSR count). The van der Waals surface area contributed by atoms with Gasteiger partial charge in [0, 0.05) is 18.7 Å². The number of hydrogen-bond donors (Lipinski definition) is 0. The molecule has 2 unspecified atom stereocenters. The van der Waals surface area contributed by atoms with Crippen molar-refractivity contribution in [1.82, 2.24) is 9.88 Å². The van der Waals surface area contributed by atoms with Gasteiger partial charge in [0.2, 0.25) is 5.91 Å². The topological polar surface area (TPSA) is 33.2 Å². The third kappa shape index (κ3) is 3.05. The van der Waals surface area contributed by atoms with Gasteiger partial charge in [-0.3, -0.25) is 4.79 Å². The van der Waals surface area contributed by atoms with E-state index in [-0.39, 0.29) is 5.91 Å². The van der Waals surface area contributed by atoms with E-state index in [9.17, 15) is 4.79 Å². The molecule has 1 saturated heterocycles. The summed E-state index contributed by atoms with van der Waals surface area (Å²) in [5.74, 6) is 0.901. The van der Waals surface area contributed by atoms with Crippen molar-refractivity contribution in [3.05, 3.63) is 35.3 Å². The summed E-state index contributed by atoms with van der Waals surface area (Å²) in [7, 11) is 0. The lowest BCUT2D eigenvalue weighted by atomic mass is 9.78. The number of aromatic nitrogens is 1. The first kappa shape index (κ1) is 14.9. The van der Waals surface area contributed by atoms with E-state index < -0.39 is 0 Å². The summed E-state index contributed by atoms with van der Waals surface area (Å²) in [5, 5.41) is 0.914. The van der Waals surface area contributed by atoms with Crippen LogP contribution in [0.2, 0.25) is 0 Å². The molecule has 3 nitrogen and oxygen atoms in total. The summed E-state index contributed by atoms with van der Waals surface area (Å²) < 4.78 is 1.17. The highest BCUT2D eigenvalue weighted by atomic mass is 32.1. The van der Waals surface area contributed by atoms with E-state index in [1.165, 1.54) is 36.8 Å². The summed E-state index contributed by atoms with van der Waals surface area (Å²) in [6.07, 6.45) is 11.2. The van der Waals surface area contributed by atoms with E-state index >= 15 is 0 Å². The Labute approximate surface area is 141 Å². The number of piperidine rings is 1. The number of likely N-dealkylation sites (tertiary alicyclic amines) is 1. The van der Waals surface area contributed by atoms with Gasteiger partial charge in [0.25, 0.3) is 0 Å². The van der Waals surface area contributed by atoms with Gasteiger partial charge in [-0.25, -0.2) is 4.98 Å². The number of benzene rings is 1. The minimum absolute atomic E-state index is 0.167. The summed E-state index contributed by atoms with van der Waals surface area (Å²) in [4.78, 5) is 19.4. The second-order valence-corrected chi connectivity index (χ2v) is 7.70. The van der Waals surface area contributed by atoms with E-state index in [0.717, 1.165) is 29.4 Å². The zero-order valence-corrected chi connectivity index (χ0v) is 14.1. The monoisotopic (exact) mass is 326 g/mol. The number of rotatable bonds is 2. The molecule has 1 aliphatic heterocycles. The van der Waals surface area contributed by atoms with Crippen molar-refractivity contribution in [3.8, 4) is 0 Å². The Balaban J connectivity index is 1.49. The highest BCUT2D eigenvalue weighted by Crippen LogP contribution is 2.35. The zero-order valence-electron chi connectivity index (χ0n) is 13.3. The number of carbonyl (C=O) groups is 1. The van der Waals surface area contributed by atoms with Crippen LogP contribution in [0.4, 0.5) is 0 Å². The lowest BCUT2D eigenvalue weighted by molar-refractivity contribution is -0.132. The van der Waals surface area contributed by atoms with Gasteiger partial charge >= 0.3 is 0 Å². The Morgan fingerprint density at radius 3 is 2.91 bits per heavy atom. The molecule has 0 bridgehead atoms. The van der Waals surface area contributed by atoms with Gasteiger partial charge < -0.3 is 4.90 Å². The summed E-state index contributed by atoms with van der Waals surface area (Å²) in [5.41, 5.74) is 1.01. The fraction of sp³-hybridized carbons (Fsp3) is 0.474. The van der Waals surface area contributed by atoms with Crippen molar-refractivity contribution in [2.45, 2.75) is 44.6 Å². The summed E-state index contributed by atoms with van der Waals surface area (Å²) >= 11 is 1.64. The van der Waals surface area contributed by atoms with Crippen LogP contribution in [0.15, 0.2) is 30.3 Å². The Kier molecular flexibility index (Phi) is 4.17. The second kappa shape index (κ2) is 6.44. The molecular formula is C19H22N2OS. The number of nitrogens with zero attached hydrogens (tertiary/aromatic N) is 2. The van der Waals surface area contributed by atoms with Crippen molar-refractivity contribution in [2.24, 2.45) is 5.92 Å². The standard InChI is InChI=1S/C19H22N2OS/c22-19(21-13-5-7-14-6-1-3-9-16(14)21)12-11-18-20-15-8-2-4-10-17(15)23-18/h2,4,8,10-12,14,16H,1,3,5-7,9,13H2/b12-11+. The molecule has 0 spiro atoms. The molecule has 1 aliphatic carbocycles. The number of carbonyl (C=O) groups excluding carboxylic acids is 1. The van der Waals surface area contributed by atoms with E-state index in [4.69, 9.17) is 0 Å². The highest BCUT2D eigenvalue weighted by Gasteiger charge is 2.34. The van der Waals surface area contributed by atoms with Gasteiger partial charge in [-0.1, -0.05) is 25.0 Å². The highest BCUT2D eigenvalue weighted by molar-refractivity contribution is 7.19. The lowest BCUT2D eigenvalue weighted by Crippen LogP contribution is -2.49. The maximum Gasteiger partial charge on any atom is 0.246 e. The molecule has 0 radical (unpaired) electrons. The molecule has 2 atom stereocenters. The molecule has 1 aromatic carbocycles. The van der Waals surface area contributed by atoms with Crippen molar-refractivity contribution in [3.63, 3.8) is 0 Å². The van der Waals surface area contributed by atoms with Crippen LogP contribution in [-0.4, -0.2) is 28.4 Å². The van der Waals surface area contributed by atoms with Gasteiger partial charge in [0.15, 0.2) is 0 Å².